The molecule has 0 saturated heterocycles. The van der Waals surface area contributed by atoms with Gasteiger partial charge in [0.25, 0.3) is 5.91 Å². The van der Waals surface area contributed by atoms with Crippen LogP contribution in [0.15, 0.2) is 41.2 Å². The van der Waals surface area contributed by atoms with Crippen LogP contribution < -0.4 is 20.1 Å². The summed E-state index contributed by atoms with van der Waals surface area (Å²) in [4.78, 5) is 25.1. The summed E-state index contributed by atoms with van der Waals surface area (Å²) in [5.74, 6) is 0.277. The molecular formula is C19H24N2O5. The third-order valence-electron chi connectivity index (χ3n) is 3.90. The first-order valence-corrected chi connectivity index (χ1v) is 8.27. The molecule has 1 atom stereocenters. The van der Waals surface area contributed by atoms with Crippen LogP contribution >= 0.6 is 0 Å². The largest absolute Gasteiger partial charge is 0.497 e. The first-order chi connectivity index (χ1) is 12.4. The zero-order valence-electron chi connectivity index (χ0n) is 15.4. The van der Waals surface area contributed by atoms with Crippen molar-refractivity contribution in [3.05, 3.63) is 47.9 Å². The molecule has 7 nitrogen and oxygen atoms in total. The maximum Gasteiger partial charge on any atom is 0.252 e. The van der Waals surface area contributed by atoms with Gasteiger partial charge in [-0.2, -0.15) is 0 Å². The maximum atomic E-state index is 12.6. The van der Waals surface area contributed by atoms with E-state index in [1.54, 1.807) is 36.8 Å². The Morgan fingerprint density at radius 3 is 2.27 bits per heavy atom. The highest BCUT2D eigenvalue weighted by Crippen LogP contribution is 2.22. The van der Waals surface area contributed by atoms with Gasteiger partial charge in [0.2, 0.25) is 5.91 Å². The van der Waals surface area contributed by atoms with Crippen molar-refractivity contribution >= 4 is 11.8 Å². The number of carbonyl (C=O) groups excluding carboxylic acids is 2. The average molecular weight is 360 g/mol. The predicted molar refractivity (Wildman–Crippen MR) is 96.2 cm³/mol. The molecule has 0 radical (unpaired) electrons. The van der Waals surface area contributed by atoms with Gasteiger partial charge >= 0.3 is 0 Å². The number of ether oxygens (including phenoxy) is 2. The monoisotopic (exact) mass is 360 g/mol. The predicted octanol–water partition coefficient (Wildman–Crippen LogP) is 2.37. The molecule has 0 aliphatic rings. The second-order valence-corrected chi connectivity index (χ2v) is 6.15. The number of methoxy groups -OCH3 is 2. The van der Waals surface area contributed by atoms with E-state index in [-0.39, 0.29) is 17.7 Å². The fourth-order valence-electron chi connectivity index (χ4n) is 2.39. The highest BCUT2D eigenvalue weighted by atomic mass is 16.5. The minimum Gasteiger partial charge on any atom is -0.497 e. The van der Waals surface area contributed by atoms with E-state index < -0.39 is 6.04 Å². The number of carbonyl (C=O) groups is 2. The van der Waals surface area contributed by atoms with Gasteiger partial charge in [0, 0.05) is 23.7 Å². The Labute approximate surface area is 152 Å². The Bertz CT molecular complexity index is 718. The van der Waals surface area contributed by atoms with Crippen LogP contribution in [0.3, 0.4) is 0 Å². The van der Waals surface area contributed by atoms with Gasteiger partial charge in [-0.3, -0.25) is 9.59 Å². The van der Waals surface area contributed by atoms with Crippen LogP contribution in [0.25, 0.3) is 0 Å². The van der Waals surface area contributed by atoms with Crippen LogP contribution in [0.2, 0.25) is 0 Å². The van der Waals surface area contributed by atoms with Gasteiger partial charge < -0.3 is 24.5 Å². The molecule has 1 aromatic heterocycles. The molecule has 1 heterocycles. The van der Waals surface area contributed by atoms with Gasteiger partial charge in [-0.15, -0.1) is 0 Å². The number of benzene rings is 1. The highest BCUT2D eigenvalue weighted by molar-refractivity contribution is 5.98. The molecule has 0 saturated carbocycles. The van der Waals surface area contributed by atoms with E-state index in [4.69, 9.17) is 13.9 Å². The van der Waals surface area contributed by atoms with Gasteiger partial charge in [-0.05, 0) is 24.1 Å². The van der Waals surface area contributed by atoms with E-state index in [2.05, 4.69) is 10.6 Å². The molecule has 2 aromatic rings. The zero-order chi connectivity index (χ0) is 19.1. The van der Waals surface area contributed by atoms with Gasteiger partial charge in [0.1, 0.15) is 17.5 Å². The Morgan fingerprint density at radius 1 is 1.12 bits per heavy atom. The van der Waals surface area contributed by atoms with E-state index in [1.165, 1.54) is 14.2 Å². The lowest BCUT2D eigenvalue weighted by molar-refractivity contribution is -0.124. The number of furan rings is 1. The second-order valence-electron chi connectivity index (χ2n) is 6.15. The van der Waals surface area contributed by atoms with Gasteiger partial charge in [-0.1, -0.05) is 13.8 Å². The first-order valence-electron chi connectivity index (χ1n) is 8.27. The molecule has 0 fully saturated rings. The lowest BCUT2D eigenvalue weighted by Crippen LogP contribution is -2.49. The van der Waals surface area contributed by atoms with Crippen molar-refractivity contribution in [2.75, 3.05) is 14.2 Å². The number of hydrogen-bond acceptors (Lipinski definition) is 5. The molecule has 1 aromatic carbocycles. The van der Waals surface area contributed by atoms with E-state index in [0.717, 1.165) is 5.56 Å². The van der Waals surface area contributed by atoms with Crippen molar-refractivity contribution < 1.29 is 23.5 Å². The quantitative estimate of drug-likeness (QED) is 0.754. The Hall–Kier alpha value is -2.96. The van der Waals surface area contributed by atoms with E-state index in [9.17, 15) is 9.59 Å². The summed E-state index contributed by atoms with van der Waals surface area (Å²) >= 11 is 0. The highest BCUT2D eigenvalue weighted by Gasteiger charge is 2.25. The number of hydrogen-bond donors (Lipinski definition) is 2. The lowest BCUT2D eigenvalue weighted by atomic mass is 10.0. The Morgan fingerprint density at radius 2 is 1.77 bits per heavy atom. The Kier molecular flexibility index (Phi) is 6.66. The van der Waals surface area contributed by atoms with Gasteiger partial charge in [0.05, 0.1) is 26.7 Å². The molecular weight excluding hydrogens is 336 g/mol. The molecule has 0 bridgehead atoms. The van der Waals surface area contributed by atoms with Gasteiger partial charge in [-0.25, -0.2) is 0 Å². The number of nitrogens with one attached hydrogen (secondary N) is 2. The van der Waals surface area contributed by atoms with Gasteiger partial charge in [0.15, 0.2) is 0 Å². The van der Waals surface area contributed by atoms with E-state index in [1.807, 2.05) is 13.8 Å². The standard InChI is InChI=1S/C19H24N2O5/c1-12(2)17(19(23)20-10-13-5-6-26-11-13)21-18(22)14-7-15(24-3)9-16(8-14)25-4/h5-9,11-12,17H,10H2,1-4H3,(H,20,23)(H,21,22)/t17-/m1/s1. The molecule has 0 spiro atoms. The van der Waals surface area contributed by atoms with Crippen molar-refractivity contribution in [1.82, 2.24) is 10.6 Å². The molecule has 2 N–H and O–H groups in total. The van der Waals surface area contributed by atoms with Crippen molar-refractivity contribution in [2.45, 2.75) is 26.4 Å². The summed E-state index contributed by atoms with van der Waals surface area (Å²) in [6, 6.07) is 5.96. The molecule has 0 aliphatic carbocycles. The molecule has 0 unspecified atom stereocenters. The molecule has 2 rings (SSSR count). The summed E-state index contributed by atoms with van der Waals surface area (Å²) in [5.41, 5.74) is 1.21. The molecule has 2 amide bonds. The Balaban J connectivity index is 2.08. The molecule has 7 heteroatoms. The fraction of sp³-hybridized carbons (Fsp3) is 0.368. The molecule has 26 heavy (non-hydrogen) atoms. The minimum atomic E-state index is -0.674. The third-order valence-corrected chi connectivity index (χ3v) is 3.90. The normalized spacial score (nSPS) is 11.7. The van der Waals surface area contributed by atoms with Crippen LogP contribution in [0.4, 0.5) is 0 Å². The van der Waals surface area contributed by atoms with Crippen molar-refractivity contribution in [3.63, 3.8) is 0 Å². The van der Waals surface area contributed by atoms with Crippen molar-refractivity contribution in [1.29, 1.82) is 0 Å². The fourth-order valence-corrected chi connectivity index (χ4v) is 2.39. The summed E-state index contributed by atoms with van der Waals surface area (Å²) in [5, 5.41) is 5.59. The van der Waals surface area contributed by atoms with Crippen LogP contribution in [-0.2, 0) is 11.3 Å². The van der Waals surface area contributed by atoms with Crippen LogP contribution in [-0.4, -0.2) is 32.1 Å². The van der Waals surface area contributed by atoms with Crippen LogP contribution in [0.1, 0.15) is 29.8 Å². The first kappa shape index (κ1) is 19.4. The second kappa shape index (κ2) is 8.94. The summed E-state index contributed by atoms with van der Waals surface area (Å²) in [7, 11) is 3.02. The van der Waals surface area contributed by atoms with Crippen LogP contribution in [0.5, 0.6) is 11.5 Å². The maximum absolute atomic E-state index is 12.6. The zero-order valence-corrected chi connectivity index (χ0v) is 15.4. The summed E-state index contributed by atoms with van der Waals surface area (Å²) in [6.45, 7) is 4.07. The van der Waals surface area contributed by atoms with E-state index >= 15 is 0 Å². The minimum absolute atomic E-state index is 0.0872. The van der Waals surface area contributed by atoms with Crippen LogP contribution in [0, 0.1) is 5.92 Å². The number of amides is 2. The number of rotatable bonds is 8. The van der Waals surface area contributed by atoms with Crippen molar-refractivity contribution in [3.8, 4) is 11.5 Å². The smallest absolute Gasteiger partial charge is 0.252 e. The summed E-state index contributed by atoms with van der Waals surface area (Å²) in [6.07, 6.45) is 3.10. The third kappa shape index (κ3) is 5.02. The lowest BCUT2D eigenvalue weighted by Gasteiger charge is -2.22. The van der Waals surface area contributed by atoms with E-state index in [0.29, 0.717) is 23.6 Å². The van der Waals surface area contributed by atoms with Crippen molar-refractivity contribution in [2.24, 2.45) is 5.92 Å². The topological polar surface area (TPSA) is 89.8 Å². The summed E-state index contributed by atoms with van der Waals surface area (Å²) < 4.78 is 15.3. The average Bonchev–Trinajstić information content (AvgIpc) is 3.16. The molecule has 0 aliphatic heterocycles. The molecule has 140 valence electrons. The SMILES string of the molecule is COc1cc(OC)cc(C(=O)N[C@@H](C(=O)NCc2ccoc2)C(C)C)c1.